The van der Waals surface area contributed by atoms with Crippen molar-refractivity contribution < 1.29 is 13.2 Å². The molecule has 6 heteroatoms. The fourth-order valence-electron chi connectivity index (χ4n) is 2.08. The molecule has 0 unspecified atom stereocenters. The van der Waals surface area contributed by atoms with Crippen LogP contribution in [0, 0.1) is 0 Å². The second-order valence-corrected chi connectivity index (χ2v) is 4.36. The van der Waals surface area contributed by atoms with Crippen LogP contribution in [0.5, 0.6) is 0 Å². The second kappa shape index (κ2) is 4.26. The third kappa shape index (κ3) is 1.99. The highest BCUT2D eigenvalue weighted by molar-refractivity contribution is 5.90. The summed E-state index contributed by atoms with van der Waals surface area (Å²) < 4.78 is 39.1. The first-order valence-electron chi connectivity index (χ1n) is 5.88. The van der Waals surface area contributed by atoms with Crippen LogP contribution in [0.25, 0.3) is 16.6 Å². The topological polar surface area (TPSA) is 43.8 Å². The second-order valence-electron chi connectivity index (χ2n) is 4.36. The molecule has 0 aliphatic carbocycles. The largest absolute Gasteiger partial charge is 0.416 e. The molecule has 20 heavy (non-hydrogen) atoms. The molecule has 0 saturated heterocycles. The molecule has 102 valence electrons. The van der Waals surface area contributed by atoms with Crippen molar-refractivity contribution in [2.45, 2.75) is 6.18 Å². The molecule has 1 aromatic heterocycles. The van der Waals surface area contributed by atoms with E-state index < -0.39 is 11.7 Å². The predicted octanol–water partition coefficient (Wildman–Crippen LogP) is 3.63. The molecule has 0 saturated carbocycles. The van der Waals surface area contributed by atoms with Crippen molar-refractivity contribution in [3.63, 3.8) is 0 Å². The van der Waals surface area contributed by atoms with Gasteiger partial charge in [0.05, 0.1) is 16.8 Å². The lowest BCUT2D eigenvalue weighted by atomic mass is 10.2. The fraction of sp³-hybridized carbons (Fsp3) is 0.0714. The number of nitrogens with zero attached hydrogens (tertiary/aromatic N) is 2. The van der Waals surface area contributed by atoms with Crippen LogP contribution in [0.3, 0.4) is 0 Å². The van der Waals surface area contributed by atoms with Gasteiger partial charge in [0.2, 0.25) is 0 Å². The average Bonchev–Trinajstić information content (AvgIpc) is 2.76. The molecule has 1 heterocycles. The highest BCUT2D eigenvalue weighted by Gasteiger charge is 2.30. The average molecular weight is 277 g/mol. The molecule has 0 bridgehead atoms. The van der Waals surface area contributed by atoms with Crippen LogP contribution in [0.15, 0.2) is 48.5 Å². The van der Waals surface area contributed by atoms with Gasteiger partial charge >= 0.3 is 6.18 Å². The summed E-state index contributed by atoms with van der Waals surface area (Å²) in [5, 5.41) is 4.94. The van der Waals surface area contributed by atoms with Crippen molar-refractivity contribution in [2.24, 2.45) is 0 Å². The zero-order valence-corrected chi connectivity index (χ0v) is 10.2. The van der Waals surface area contributed by atoms with E-state index >= 15 is 0 Å². The van der Waals surface area contributed by atoms with E-state index in [1.807, 2.05) is 24.3 Å². The summed E-state index contributed by atoms with van der Waals surface area (Å²) >= 11 is 0. The minimum atomic E-state index is -4.34. The highest BCUT2D eigenvalue weighted by atomic mass is 19.4. The summed E-state index contributed by atoms with van der Waals surface area (Å²) in [7, 11) is 0. The molecule has 0 radical (unpaired) electrons. The molecular weight excluding hydrogens is 267 g/mol. The Bertz CT molecular complexity index is 757. The summed E-state index contributed by atoms with van der Waals surface area (Å²) in [5.74, 6) is 0.348. The molecule has 3 rings (SSSR count). The van der Waals surface area contributed by atoms with Crippen LogP contribution in [-0.4, -0.2) is 9.78 Å². The lowest BCUT2D eigenvalue weighted by Gasteiger charge is -2.08. The number of aromatic nitrogens is 2. The van der Waals surface area contributed by atoms with Crippen molar-refractivity contribution >= 4 is 16.7 Å². The normalized spacial score (nSPS) is 11.9. The summed E-state index contributed by atoms with van der Waals surface area (Å²) in [6, 6.07) is 12.1. The molecular formula is C14H10F3N3. The third-order valence-corrected chi connectivity index (χ3v) is 3.06. The lowest BCUT2D eigenvalue weighted by Crippen LogP contribution is -2.05. The summed E-state index contributed by atoms with van der Waals surface area (Å²) in [4.78, 5) is 0. The molecule has 0 aliphatic heterocycles. The Morgan fingerprint density at radius 1 is 0.950 bits per heavy atom. The number of alkyl halides is 3. The van der Waals surface area contributed by atoms with Crippen LogP contribution < -0.4 is 5.73 Å². The predicted molar refractivity (Wildman–Crippen MR) is 70.5 cm³/mol. The Balaban J connectivity index is 2.12. The number of nitrogens with two attached hydrogens (primary N) is 1. The van der Waals surface area contributed by atoms with Gasteiger partial charge < -0.3 is 5.73 Å². The van der Waals surface area contributed by atoms with Crippen LogP contribution >= 0.6 is 0 Å². The molecule has 2 aromatic carbocycles. The number of hydrogen-bond acceptors (Lipinski definition) is 2. The minimum absolute atomic E-state index is 0.348. The van der Waals surface area contributed by atoms with E-state index in [9.17, 15) is 13.2 Å². The van der Waals surface area contributed by atoms with Gasteiger partial charge in [-0.05, 0) is 36.4 Å². The SMILES string of the molecule is Nc1nn(-c2ccc(C(F)(F)F)cc2)c2ccccc12. The van der Waals surface area contributed by atoms with Gasteiger partial charge in [0.15, 0.2) is 5.82 Å². The van der Waals surface area contributed by atoms with Gasteiger partial charge in [-0.25, -0.2) is 4.68 Å². The van der Waals surface area contributed by atoms with E-state index in [-0.39, 0.29) is 0 Å². The molecule has 0 aliphatic rings. The van der Waals surface area contributed by atoms with Gasteiger partial charge in [-0.2, -0.15) is 13.2 Å². The Labute approximate surface area is 112 Å². The maximum Gasteiger partial charge on any atom is 0.416 e. The molecule has 0 amide bonds. The number of nitrogen functional groups attached to an aromatic ring is 1. The number of rotatable bonds is 1. The molecule has 3 aromatic rings. The quantitative estimate of drug-likeness (QED) is 0.738. The van der Waals surface area contributed by atoms with Gasteiger partial charge in [0.1, 0.15) is 0 Å². The van der Waals surface area contributed by atoms with Gasteiger partial charge in [0, 0.05) is 5.39 Å². The van der Waals surface area contributed by atoms with E-state index in [2.05, 4.69) is 5.10 Å². The summed E-state index contributed by atoms with van der Waals surface area (Å²) in [6.45, 7) is 0. The van der Waals surface area contributed by atoms with Crippen molar-refractivity contribution in [1.82, 2.24) is 9.78 Å². The maximum absolute atomic E-state index is 12.5. The summed E-state index contributed by atoms with van der Waals surface area (Å²) in [5.41, 5.74) is 6.40. The van der Waals surface area contributed by atoms with Gasteiger partial charge in [-0.3, -0.25) is 0 Å². The molecule has 3 nitrogen and oxygen atoms in total. The molecule has 0 atom stereocenters. The number of hydrogen-bond donors (Lipinski definition) is 1. The van der Waals surface area contributed by atoms with Crippen molar-refractivity contribution in [1.29, 1.82) is 0 Å². The first-order chi connectivity index (χ1) is 9.47. The zero-order valence-electron chi connectivity index (χ0n) is 10.2. The van der Waals surface area contributed by atoms with E-state index in [0.717, 1.165) is 23.0 Å². The monoisotopic (exact) mass is 277 g/mol. The number of anilines is 1. The van der Waals surface area contributed by atoms with E-state index in [1.54, 1.807) is 0 Å². The minimum Gasteiger partial charge on any atom is -0.382 e. The number of halogens is 3. The van der Waals surface area contributed by atoms with Crippen molar-refractivity contribution in [3.05, 3.63) is 54.1 Å². The lowest BCUT2D eigenvalue weighted by molar-refractivity contribution is -0.137. The van der Waals surface area contributed by atoms with Gasteiger partial charge in [-0.1, -0.05) is 12.1 Å². The van der Waals surface area contributed by atoms with E-state index in [1.165, 1.54) is 16.8 Å². The van der Waals surface area contributed by atoms with E-state index in [0.29, 0.717) is 11.5 Å². The smallest absolute Gasteiger partial charge is 0.382 e. The van der Waals surface area contributed by atoms with Crippen LogP contribution in [0.1, 0.15) is 5.56 Å². The zero-order chi connectivity index (χ0) is 14.3. The first-order valence-corrected chi connectivity index (χ1v) is 5.88. The Morgan fingerprint density at radius 3 is 2.25 bits per heavy atom. The number of fused-ring (bicyclic) bond motifs is 1. The van der Waals surface area contributed by atoms with Crippen molar-refractivity contribution in [2.75, 3.05) is 5.73 Å². The van der Waals surface area contributed by atoms with Gasteiger partial charge in [0.25, 0.3) is 0 Å². The molecule has 0 spiro atoms. The van der Waals surface area contributed by atoms with Crippen LogP contribution in [0.4, 0.5) is 19.0 Å². The number of benzene rings is 2. The number of para-hydroxylation sites is 1. The Hall–Kier alpha value is -2.50. The summed E-state index contributed by atoms with van der Waals surface area (Å²) in [6.07, 6.45) is -4.34. The van der Waals surface area contributed by atoms with Gasteiger partial charge in [-0.15, -0.1) is 5.10 Å². The Kier molecular flexibility index (Phi) is 2.67. The maximum atomic E-state index is 12.5. The molecule has 2 N–H and O–H groups in total. The standard InChI is InChI=1S/C14H10F3N3/c15-14(16,17)9-5-7-10(8-6-9)20-12-4-2-1-3-11(12)13(18)19-20/h1-8H,(H2,18,19). The van der Waals surface area contributed by atoms with Crippen LogP contribution in [-0.2, 0) is 6.18 Å². The Morgan fingerprint density at radius 2 is 1.60 bits per heavy atom. The first kappa shape index (κ1) is 12.5. The van der Waals surface area contributed by atoms with Crippen LogP contribution in [0.2, 0.25) is 0 Å². The third-order valence-electron chi connectivity index (χ3n) is 3.06. The fourth-order valence-corrected chi connectivity index (χ4v) is 2.08. The van der Waals surface area contributed by atoms with E-state index in [4.69, 9.17) is 5.73 Å². The molecule has 0 fully saturated rings. The van der Waals surface area contributed by atoms with Crippen molar-refractivity contribution in [3.8, 4) is 5.69 Å². The highest BCUT2D eigenvalue weighted by Crippen LogP contribution is 2.30.